The molecule has 0 aliphatic carbocycles. The van der Waals surface area contributed by atoms with Crippen LogP contribution in [0, 0.1) is 19.8 Å². The fourth-order valence-electron chi connectivity index (χ4n) is 4.28. The van der Waals surface area contributed by atoms with E-state index in [4.69, 9.17) is 5.10 Å². The maximum absolute atomic E-state index is 12.5. The van der Waals surface area contributed by atoms with Crippen molar-refractivity contribution in [1.82, 2.24) is 19.9 Å². The van der Waals surface area contributed by atoms with Gasteiger partial charge in [0, 0.05) is 43.5 Å². The Labute approximate surface area is 184 Å². The van der Waals surface area contributed by atoms with Crippen molar-refractivity contribution in [3.05, 3.63) is 47.8 Å². The quantitative estimate of drug-likeness (QED) is 0.571. The first kappa shape index (κ1) is 21.3. The maximum Gasteiger partial charge on any atom is 0.223 e. The number of rotatable bonds is 7. The molecule has 1 aliphatic heterocycles. The van der Waals surface area contributed by atoms with Gasteiger partial charge in [0.15, 0.2) is 5.82 Å². The minimum atomic E-state index is 0.105. The number of fused-ring (bicyclic) bond motifs is 1. The number of nitrogens with one attached hydrogen (secondary N) is 1. The molecule has 1 aliphatic rings. The Morgan fingerprint density at radius 3 is 2.68 bits per heavy atom. The molecule has 0 spiro atoms. The summed E-state index contributed by atoms with van der Waals surface area (Å²) in [6.45, 7) is 8.90. The highest BCUT2D eigenvalue weighted by atomic mass is 16.1. The molecular weight excluding hydrogens is 386 g/mol. The number of nitrogens with zero attached hydrogens (tertiary/aromatic N) is 4. The first-order chi connectivity index (χ1) is 15.1. The largest absolute Gasteiger partial charge is 0.356 e. The highest BCUT2D eigenvalue weighted by Gasteiger charge is 2.26. The molecule has 6 nitrogen and oxygen atoms in total. The van der Waals surface area contributed by atoms with Crippen molar-refractivity contribution in [3.8, 4) is 11.3 Å². The molecule has 164 valence electrons. The number of aromatic nitrogens is 3. The highest BCUT2D eigenvalue weighted by molar-refractivity contribution is 5.79. The lowest BCUT2D eigenvalue weighted by atomic mass is 9.96. The molecule has 1 N–H and O–H groups in total. The van der Waals surface area contributed by atoms with Crippen molar-refractivity contribution < 1.29 is 4.79 Å². The number of amides is 1. The Balaban J connectivity index is 1.46. The van der Waals surface area contributed by atoms with Crippen LogP contribution in [0.3, 0.4) is 0 Å². The summed E-state index contributed by atoms with van der Waals surface area (Å²) in [5.41, 5.74) is 5.64. The number of benzene rings is 1. The monoisotopic (exact) mass is 419 g/mol. The summed E-state index contributed by atoms with van der Waals surface area (Å²) in [7, 11) is 0. The molecule has 1 saturated heterocycles. The predicted octanol–water partition coefficient (Wildman–Crippen LogP) is 4.54. The van der Waals surface area contributed by atoms with Crippen molar-refractivity contribution in [1.29, 1.82) is 0 Å². The Bertz CT molecular complexity index is 1050. The Kier molecular flexibility index (Phi) is 6.54. The van der Waals surface area contributed by atoms with E-state index >= 15 is 0 Å². The number of hydrogen-bond acceptors (Lipinski definition) is 4. The van der Waals surface area contributed by atoms with Crippen LogP contribution in [-0.4, -0.2) is 40.1 Å². The summed E-state index contributed by atoms with van der Waals surface area (Å²) in [6, 6.07) is 8.58. The van der Waals surface area contributed by atoms with E-state index in [1.165, 1.54) is 24.0 Å². The zero-order valence-corrected chi connectivity index (χ0v) is 18.9. The van der Waals surface area contributed by atoms with E-state index in [0.717, 1.165) is 61.5 Å². The van der Waals surface area contributed by atoms with Crippen molar-refractivity contribution in [2.24, 2.45) is 5.92 Å². The third kappa shape index (κ3) is 4.73. The Hall–Kier alpha value is -2.89. The van der Waals surface area contributed by atoms with Crippen molar-refractivity contribution >= 4 is 17.2 Å². The van der Waals surface area contributed by atoms with Gasteiger partial charge >= 0.3 is 0 Å². The van der Waals surface area contributed by atoms with Gasteiger partial charge < -0.3 is 10.2 Å². The fourth-order valence-corrected chi connectivity index (χ4v) is 4.28. The van der Waals surface area contributed by atoms with Gasteiger partial charge in [0.2, 0.25) is 5.91 Å². The lowest BCUT2D eigenvalue weighted by Crippen LogP contribution is -2.41. The average molecular weight is 420 g/mol. The third-order valence-corrected chi connectivity index (χ3v) is 6.42. The van der Waals surface area contributed by atoms with Gasteiger partial charge in [-0.05, 0) is 56.4 Å². The molecule has 6 heteroatoms. The summed E-state index contributed by atoms with van der Waals surface area (Å²) in [5, 5.41) is 7.90. The molecule has 0 unspecified atom stereocenters. The zero-order chi connectivity index (χ0) is 21.8. The molecule has 0 radical (unpaired) electrons. The van der Waals surface area contributed by atoms with Crippen LogP contribution < -0.4 is 10.2 Å². The van der Waals surface area contributed by atoms with Crippen LogP contribution in [0.5, 0.6) is 0 Å². The second kappa shape index (κ2) is 9.50. The van der Waals surface area contributed by atoms with Crippen molar-refractivity contribution in [2.45, 2.75) is 52.9 Å². The van der Waals surface area contributed by atoms with Gasteiger partial charge in [-0.25, -0.2) is 9.50 Å². The van der Waals surface area contributed by atoms with Gasteiger partial charge in [-0.1, -0.05) is 31.9 Å². The van der Waals surface area contributed by atoms with Gasteiger partial charge in [0.25, 0.3) is 0 Å². The number of piperidine rings is 1. The first-order valence-corrected chi connectivity index (χ1v) is 11.5. The normalized spacial score (nSPS) is 14.9. The van der Waals surface area contributed by atoms with E-state index in [1.807, 2.05) is 16.9 Å². The molecule has 3 heterocycles. The topological polar surface area (TPSA) is 62.5 Å². The number of aryl methyl sites for hydroxylation is 2. The summed E-state index contributed by atoms with van der Waals surface area (Å²) in [6.07, 6.45) is 8.85. The van der Waals surface area contributed by atoms with Gasteiger partial charge in [0.1, 0.15) is 5.52 Å². The number of unbranched alkanes of at least 4 members (excludes halogenated alkanes) is 2. The number of hydrogen-bond donors (Lipinski definition) is 1. The van der Waals surface area contributed by atoms with Crippen molar-refractivity contribution in [2.75, 3.05) is 24.5 Å². The Morgan fingerprint density at radius 2 is 1.94 bits per heavy atom. The van der Waals surface area contributed by atoms with Crippen LogP contribution in [0.25, 0.3) is 16.8 Å². The molecule has 31 heavy (non-hydrogen) atoms. The van der Waals surface area contributed by atoms with E-state index in [2.05, 4.69) is 60.2 Å². The molecule has 1 amide bonds. The smallest absolute Gasteiger partial charge is 0.223 e. The molecule has 2 aromatic heterocycles. The third-order valence-electron chi connectivity index (χ3n) is 6.42. The van der Waals surface area contributed by atoms with Crippen molar-refractivity contribution in [3.63, 3.8) is 0 Å². The van der Waals surface area contributed by atoms with Crippen LogP contribution in [0.15, 0.2) is 36.7 Å². The molecular formula is C25H33N5O. The summed E-state index contributed by atoms with van der Waals surface area (Å²) < 4.78 is 1.92. The minimum Gasteiger partial charge on any atom is -0.356 e. The van der Waals surface area contributed by atoms with Gasteiger partial charge in [-0.15, -0.1) is 0 Å². The van der Waals surface area contributed by atoms with E-state index in [0.29, 0.717) is 0 Å². The van der Waals surface area contributed by atoms with Gasteiger partial charge in [-0.3, -0.25) is 4.79 Å². The SMILES string of the molecule is CCCCCNC(=O)C1CCN(c2nccn3nc(-c4ccc(C)c(C)c4)cc23)CC1. The minimum absolute atomic E-state index is 0.105. The highest BCUT2D eigenvalue weighted by Crippen LogP contribution is 2.29. The molecule has 1 aromatic carbocycles. The number of carbonyl (C=O) groups excluding carboxylic acids is 1. The van der Waals surface area contributed by atoms with Crippen LogP contribution in [0.2, 0.25) is 0 Å². The standard InChI is InChI=1S/C25H33N5O/c1-4-5-6-11-27-25(31)20-9-13-29(14-10-20)24-23-17-22(28-30(23)15-12-26-24)21-8-7-18(2)19(3)16-21/h7-8,12,15-17,20H,4-6,9-11,13-14H2,1-3H3,(H,27,31). The molecule has 1 fully saturated rings. The lowest BCUT2D eigenvalue weighted by molar-refractivity contribution is -0.125. The average Bonchev–Trinajstić information content (AvgIpc) is 3.23. The number of carbonyl (C=O) groups is 1. The second-order valence-electron chi connectivity index (χ2n) is 8.67. The fraction of sp³-hybridized carbons (Fsp3) is 0.480. The summed E-state index contributed by atoms with van der Waals surface area (Å²) >= 11 is 0. The van der Waals surface area contributed by atoms with Gasteiger partial charge in [0.05, 0.1) is 5.69 Å². The van der Waals surface area contributed by atoms with Crippen LogP contribution >= 0.6 is 0 Å². The molecule has 0 bridgehead atoms. The molecule has 4 rings (SSSR count). The van der Waals surface area contributed by atoms with Crippen LogP contribution in [-0.2, 0) is 4.79 Å². The van der Waals surface area contributed by atoms with E-state index in [1.54, 1.807) is 0 Å². The van der Waals surface area contributed by atoms with E-state index in [-0.39, 0.29) is 11.8 Å². The summed E-state index contributed by atoms with van der Waals surface area (Å²) in [5.74, 6) is 1.27. The molecule has 0 saturated carbocycles. The molecule has 0 atom stereocenters. The van der Waals surface area contributed by atoms with Gasteiger partial charge in [-0.2, -0.15) is 5.10 Å². The lowest BCUT2D eigenvalue weighted by Gasteiger charge is -2.32. The predicted molar refractivity (Wildman–Crippen MR) is 125 cm³/mol. The van der Waals surface area contributed by atoms with E-state index < -0.39 is 0 Å². The maximum atomic E-state index is 12.5. The molecule has 3 aromatic rings. The number of anilines is 1. The van der Waals surface area contributed by atoms with Crippen LogP contribution in [0.1, 0.15) is 50.2 Å². The summed E-state index contributed by atoms with van der Waals surface area (Å²) in [4.78, 5) is 19.4. The first-order valence-electron chi connectivity index (χ1n) is 11.5. The Morgan fingerprint density at radius 1 is 1.13 bits per heavy atom. The van der Waals surface area contributed by atoms with E-state index in [9.17, 15) is 4.79 Å². The van der Waals surface area contributed by atoms with Crippen LogP contribution in [0.4, 0.5) is 5.82 Å². The zero-order valence-electron chi connectivity index (χ0n) is 18.9. The second-order valence-corrected chi connectivity index (χ2v) is 8.67.